The van der Waals surface area contributed by atoms with Gasteiger partial charge in [0.15, 0.2) is 0 Å². The molecule has 100 valence electrons. The van der Waals surface area contributed by atoms with Crippen LogP contribution in [-0.4, -0.2) is 18.5 Å². The zero-order valence-corrected chi connectivity index (χ0v) is 10.5. The van der Waals surface area contributed by atoms with Gasteiger partial charge in [0, 0.05) is 18.2 Å². The Bertz CT molecular complexity index is 423. The van der Waals surface area contributed by atoms with Crippen LogP contribution in [0.4, 0.5) is 8.78 Å². The molecule has 1 aliphatic heterocycles. The molecule has 0 spiro atoms. The third-order valence-electron chi connectivity index (χ3n) is 2.84. The normalized spacial score (nSPS) is 18.2. The van der Waals surface area contributed by atoms with Crippen LogP contribution in [-0.2, 0) is 11.3 Å². The van der Waals surface area contributed by atoms with E-state index in [1.54, 1.807) is 0 Å². The third kappa shape index (κ3) is 3.65. The summed E-state index contributed by atoms with van der Waals surface area (Å²) in [6.45, 7) is 0.923. The van der Waals surface area contributed by atoms with Gasteiger partial charge in [-0.2, -0.15) is 0 Å². The van der Waals surface area contributed by atoms with Crippen LogP contribution in [0.5, 0.6) is 0 Å². The molecule has 18 heavy (non-hydrogen) atoms. The summed E-state index contributed by atoms with van der Waals surface area (Å²) >= 11 is 0. The molecule has 0 unspecified atom stereocenters. The van der Waals surface area contributed by atoms with E-state index in [4.69, 9.17) is 0 Å². The summed E-state index contributed by atoms with van der Waals surface area (Å²) in [5.41, 5.74) is 0.290. The van der Waals surface area contributed by atoms with Crippen LogP contribution in [0.2, 0.25) is 0 Å². The van der Waals surface area contributed by atoms with Crippen LogP contribution in [0.1, 0.15) is 18.4 Å². The van der Waals surface area contributed by atoms with Gasteiger partial charge in [0.05, 0.1) is 6.04 Å². The fraction of sp³-hybridized carbons (Fsp3) is 0.417. The highest BCUT2D eigenvalue weighted by Gasteiger charge is 2.21. The molecule has 1 aromatic rings. The lowest BCUT2D eigenvalue weighted by molar-refractivity contribution is -0.122. The summed E-state index contributed by atoms with van der Waals surface area (Å²) < 4.78 is 25.9. The van der Waals surface area contributed by atoms with Gasteiger partial charge in [-0.15, -0.1) is 12.4 Å². The first-order chi connectivity index (χ1) is 8.16. The van der Waals surface area contributed by atoms with Gasteiger partial charge in [-0.1, -0.05) is 6.07 Å². The van der Waals surface area contributed by atoms with E-state index in [0.29, 0.717) is 0 Å². The minimum Gasteiger partial charge on any atom is -0.351 e. The number of hydrogen-bond acceptors (Lipinski definition) is 2. The number of carbonyl (C=O) groups excluding carboxylic acids is 1. The van der Waals surface area contributed by atoms with Crippen LogP contribution in [0.15, 0.2) is 18.2 Å². The molecule has 1 heterocycles. The van der Waals surface area contributed by atoms with Crippen molar-refractivity contribution in [2.45, 2.75) is 25.4 Å². The van der Waals surface area contributed by atoms with Gasteiger partial charge in [-0.05, 0) is 25.5 Å². The van der Waals surface area contributed by atoms with Crippen molar-refractivity contribution in [2.24, 2.45) is 0 Å². The lowest BCUT2D eigenvalue weighted by Gasteiger charge is -2.11. The molecule has 1 fully saturated rings. The second-order valence-electron chi connectivity index (χ2n) is 4.10. The number of nitrogens with one attached hydrogen (secondary N) is 2. The Morgan fingerprint density at radius 1 is 1.44 bits per heavy atom. The van der Waals surface area contributed by atoms with Crippen molar-refractivity contribution in [2.75, 3.05) is 6.54 Å². The Balaban J connectivity index is 0.00000162. The smallest absolute Gasteiger partial charge is 0.237 e. The van der Waals surface area contributed by atoms with E-state index in [2.05, 4.69) is 10.6 Å². The van der Waals surface area contributed by atoms with E-state index in [-0.39, 0.29) is 36.5 Å². The molecule has 0 aliphatic carbocycles. The number of hydrogen-bond donors (Lipinski definition) is 2. The van der Waals surface area contributed by atoms with Gasteiger partial charge in [-0.3, -0.25) is 4.79 Å². The van der Waals surface area contributed by atoms with Crippen molar-refractivity contribution in [3.8, 4) is 0 Å². The standard InChI is InChI=1S/C12H14F2N2O.ClH/c13-9-4-3-8(10(14)6-9)7-16-12(17)11-2-1-5-15-11;/h3-4,6,11,15H,1-2,5,7H2,(H,16,17);1H/t11-;/m0./s1. The average Bonchev–Trinajstić information content (AvgIpc) is 2.81. The van der Waals surface area contributed by atoms with E-state index in [9.17, 15) is 13.6 Å². The maximum absolute atomic E-state index is 13.3. The van der Waals surface area contributed by atoms with Gasteiger partial charge >= 0.3 is 0 Å². The summed E-state index contributed by atoms with van der Waals surface area (Å²) in [6.07, 6.45) is 1.78. The molecular formula is C12H15ClF2N2O. The molecule has 0 bridgehead atoms. The fourth-order valence-corrected chi connectivity index (χ4v) is 1.88. The van der Waals surface area contributed by atoms with Gasteiger partial charge in [-0.25, -0.2) is 8.78 Å². The third-order valence-corrected chi connectivity index (χ3v) is 2.84. The van der Waals surface area contributed by atoms with E-state index >= 15 is 0 Å². The molecular weight excluding hydrogens is 262 g/mol. The molecule has 1 aromatic carbocycles. The predicted octanol–water partition coefficient (Wildman–Crippen LogP) is 1.75. The van der Waals surface area contributed by atoms with Crippen LogP contribution in [0, 0.1) is 11.6 Å². The monoisotopic (exact) mass is 276 g/mol. The summed E-state index contributed by atoms with van der Waals surface area (Å²) in [6, 6.07) is 3.15. The Morgan fingerprint density at radius 2 is 2.22 bits per heavy atom. The fourth-order valence-electron chi connectivity index (χ4n) is 1.88. The maximum Gasteiger partial charge on any atom is 0.237 e. The van der Waals surface area contributed by atoms with Crippen molar-refractivity contribution >= 4 is 18.3 Å². The van der Waals surface area contributed by atoms with Crippen molar-refractivity contribution in [1.82, 2.24) is 10.6 Å². The predicted molar refractivity (Wildman–Crippen MR) is 66.5 cm³/mol. The lowest BCUT2D eigenvalue weighted by atomic mass is 10.2. The topological polar surface area (TPSA) is 41.1 Å². The number of carbonyl (C=O) groups is 1. The SMILES string of the molecule is Cl.O=C(NCc1ccc(F)cc1F)[C@@H]1CCCN1. The van der Waals surface area contributed by atoms with E-state index in [1.807, 2.05) is 0 Å². The summed E-state index contributed by atoms with van der Waals surface area (Å²) in [5, 5.41) is 5.69. The van der Waals surface area contributed by atoms with Gasteiger partial charge in [0.25, 0.3) is 0 Å². The van der Waals surface area contributed by atoms with Crippen LogP contribution in [0.3, 0.4) is 0 Å². The number of halogens is 3. The molecule has 1 aliphatic rings. The highest BCUT2D eigenvalue weighted by atomic mass is 35.5. The summed E-state index contributed by atoms with van der Waals surface area (Å²) in [7, 11) is 0. The van der Waals surface area contributed by atoms with Gasteiger partial charge in [0.2, 0.25) is 5.91 Å². The molecule has 0 aromatic heterocycles. The molecule has 0 radical (unpaired) electrons. The molecule has 6 heteroatoms. The lowest BCUT2D eigenvalue weighted by Crippen LogP contribution is -2.40. The molecule has 2 N–H and O–H groups in total. The van der Waals surface area contributed by atoms with Gasteiger partial charge < -0.3 is 10.6 Å². The Labute approximate surface area is 110 Å². The highest BCUT2D eigenvalue weighted by molar-refractivity contribution is 5.85. The molecule has 0 saturated carbocycles. The average molecular weight is 277 g/mol. The van der Waals surface area contributed by atoms with E-state index in [0.717, 1.165) is 25.5 Å². The Kier molecular flexibility index (Phi) is 5.50. The first kappa shape index (κ1) is 14.9. The van der Waals surface area contributed by atoms with Gasteiger partial charge in [0.1, 0.15) is 11.6 Å². The van der Waals surface area contributed by atoms with Crippen LogP contribution >= 0.6 is 12.4 Å². The van der Waals surface area contributed by atoms with Crippen molar-refractivity contribution in [3.63, 3.8) is 0 Å². The Hall–Kier alpha value is -1.20. The number of rotatable bonds is 3. The zero-order chi connectivity index (χ0) is 12.3. The van der Waals surface area contributed by atoms with E-state index < -0.39 is 11.6 Å². The minimum absolute atomic E-state index is 0. The largest absolute Gasteiger partial charge is 0.351 e. The quantitative estimate of drug-likeness (QED) is 0.883. The maximum atomic E-state index is 13.3. The Morgan fingerprint density at radius 3 is 2.83 bits per heavy atom. The first-order valence-corrected chi connectivity index (χ1v) is 5.62. The summed E-state index contributed by atoms with van der Waals surface area (Å²) in [5.74, 6) is -1.38. The molecule has 1 amide bonds. The number of benzene rings is 1. The molecule has 1 atom stereocenters. The highest BCUT2D eigenvalue weighted by Crippen LogP contribution is 2.10. The number of amides is 1. The van der Waals surface area contributed by atoms with Crippen LogP contribution in [0.25, 0.3) is 0 Å². The second-order valence-corrected chi connectivity index (χ2v) is 4.10. The first-order valence-electron chi connectivity index (χ1n) is 5.62. The van der Waals surface area contributed by atoms with E-state index in [1.165, 1.54) is 12.1 Å². The molecule has 1 saturated heterocycles. The summed E-state index contributed by atoms with van der Waals surface area (Å²) in [4.78, 5) is 11.6. The second kappa shape index (κ2) is 6.66. The van der Waals surface area contributed by atoms with Crippen molar-refractivity contribution in [1.29, 1.82) is 0 Å². The minimum atomic E-state index is -0.635. The molecule has 2 rings (SSSR count). The van der Waals surface area contributed by atoms with Crippen molar-refractivity contribution < 1.29 is 13.6 Å². The van der Waals surface area contributed by atoms with Crippen LogP contribution < -0.4 is 10.6 Å². The molecule has 3 nitrogen and oxygen atoms in total. The van der Waals surface area contributed by atoms with Crippen molar-refractivity contribution in [3.05, 3.63) is 35.4 Å². The zero-order valence-electron chi connectivity index (χ0n) is 9.71.